The molecule has 2 aliphatic rings. The molecule has 0 unspecified atom stereocenters. The second-order valence-electron chi connectivity index (χ2n) is 5.43. The maximum atomic E-state index is 12.0. The predicted octanol–water partition coefficient (Wildman–Crippen LogP) is 1.77. The Morgan fingerprint density at radius 3 is 2.50 bits per heavy atom. The van der Waals surface area contributed by atoms with Gasteiger partial charge < -0.3 is 10.0 Å². The monoisotopic (exact) mass is 245 g/mol. The Morgan fingerprint density at radius 1 is 1.17 bits per heavy atom. The van der Waals surface area contributed by atoms with E-state index >= 15 is 0 Å². The molecule has 3 nitrogen and oxygen atoms in total. The maximum Gasteiger partial charge on any atom is 0.225 e. The van der Waals surface area contributed by atoms with Gasteiger partial charge in [-0.05, 0) is 24.8 Å². The van der Waals surface area contributed by atoms with Crippen molar-refractivity contribution in [2.24, 2.45) is 5.92 Å². The Hall–Kier alpha value is -1.35. The van der Waals surface area contributed by atoms with Crippen molar-refractivity contribution in [1.82, 2.24) is 4.90 Å². The van der Waals surface area contributed by atoms with Gasteiger partial charge >= 0.3 is 0 Å². The van der Waals surface area contributed by atoms with Crippen LogP contribution in [-0.2, 0) is 4.79 Å². The molecule has 18 heavy (non-hydrogen) atoms. The summed E-state index contributed by atoms with van der Waals surface area (Å²) in [5.74, 6) is 0.681. The number of aliphatic hydroxyl groups is 1. The first-order valence-corrected chi connectivity index (χ1v) is 6.77. The molecule has 1 N–H and O–H groups in total. The minimum atomic E-state index is -0.427. The van der Waals surface area contributed by atoms with Crippen molar-refractivity contribution < 1.29 is 9.90 Å². The molecule has 0 aromatic heterocycles. The molecule has 1 saturated carbocycles. The van der Waals surface area contributed by atoms with Gasteiger partial charge in [-0.25, -0.2) is 0 Å². The summed E-state index contributed by atoms with van der Waals surface area (Å²) >= 11 is 0. The quantitative estimate of drug-likeness (QED) is 0.862. The van der Waals surface area contributed by atoms with Gasteiger partial charge in [0.1, 0.15) is 0 Å². The van der Waals surface area contributed by atoms with Crippen LogP contribution in [0.5, 0.6) is 0 Å². The topological polar surface area (TPSA) is 40.5 Å². The van der Waals surface area contributed by atoms with Crippen LogP contribution >= 0.6 is 0 Å². The number of likely N-dealkylation sites (tertiary alicyclic amines) is 1. The van der Waals surface area contributed by atoms with Crippen LogP contribution in [-0.4, -0.2) is 35.1 Å². The van der Waals surface area contributed by atoms with Crippen molar-refractivity contribution in [3.8, 4) is 0 Å². The van der Waals surface area contributed by atoms with Crippen molar-refractivity contribution in [2.45, 2.75) is 31.3 Å². The smallest absolute Gasteiger partial charge is 0.225 e. The van der Waals surface area contributed by atoms with Gasteiger partial charge in [0.15, 0.2) is 0 Å². The Bertz CT molecular complexity index is 427. The number of rotatable bonds is 2. The SMILES string of the molecule is O=C(C1CC1)N1CC[C@@H](c2ccccc2)[C@@H](O)C1. The van der Waals surface area contributed by atoms with Crippen LogP contribution in [0.3, 0.4) is 0 Å². The number of benzene rings is 1. The summed E-state index contributed by atoms with van der Waals surface area (Å²) in [6.45, 7) is 1.28. The number of piperidine rings is 1. The minimum Gasteiger partial charge on any atom is -0.391 e. The number of carbonyl (C=O) groups excluding carboxylic acids is 1. The zero-order valence-corrected chi connectivity index (χ0v) is 10.5. The molecule has 3 rings (SSSR count). The van der Waals surface area contributed by atoms with E-state index in [1.807, 2.05) is 23.1 Å². The van der Waals surface area contributed by atoms with Gasteiger partial charge in [-0.2, -0.15) is 0 Å². The maximum absolute atomic E-state index is 12.0. The van der Waals surface area contributed by atoms with Crippen molar-refractivity contribution >= 4 is 5.91 Å². The lowest BCUT2D eigenvalue weighted by Crippen LogP contribution is -2.46. The molecular weight excluding hydrogens is 226 g/mol. The van der Waals surface area contributed by atoms with Crippen LogP contribution in [0.1, 0.15) is 30.7 Å². The molecule has 0 bridgehead atoms. The highest BCUT2D eigenvalue weighted by Gasteiger charge is 2.37. The fourth-order valence-corrected chi connectivity index (χ4v) is 2.81. The van der Waals surface area contributed by atoms with Crippen LogP contribution in [0.15, 0.2) is 30.3 Å². The lowest BCUT2D eigenvalue weighted by atomic mass is 9.87. The number of nitrogens with zero attached hydrogens (tertiary/aromatic N) is 1. The average molecular weight is 245 g/mol. The summed E-state index contributed by atoms with van der Waals surface area (Å²) in [5, 5.41) is 10.2. The number of amides is 1. The highest BCUT2D eigenvalue weighted by Crippen LogP contribution is 2.34. The third kappa shape index (κ3) is 2.27. The zero-order valence-electron chi connectivity index (χ0n) is 10.5. The van der Waals surface area contributed by atoms with Gasteiger partial charge in [-0.1, -0.05) is 30.3 Å². The first kappa shape index (κ1) is 11.7. The summed E-state index contributed by atoms with van der Waals surface area (Å²) < 4.78 is 0. The van der Waals surface area contributed by atoms with E-state index in [1.54, 1.807) is 0 Å². The molecule has 1 aromatic carbocycles. The fourth-order valence-electron chi connectivity index (χ4n) is 2.81. The van der Waals surface area contributed by atoms with Crippen molar-refractivity contribution in [3.63, 3.8) is 0 Å². The molecular formula is C15H19NO2. The van der Waals surface area contributed by atoms with E-state index < -0.39 is 6.10 Å². The van der Waals surface area contributed by atoms with Gasteiger partial charge in [0.2, 0.25) is 5.91 Å². The molecule has 1 aromatic rings. The molecule has 1 aliphatic heterocycles. The average Bonchev–Trinajstić information content (AvgIpc) is 3.23. The molecule has 1 aliphatic carbocycles. The number of β-amino-alcohol motifs (C(OH)–C–C–N with tert-alkyl or cyclic N) is 1. The van der Waals surface area contributed by atoms with E-state index in [0.717, 1.165) is 25.8 Å². The minimum absolute atomic E-state index is 0.175. The molecule has 96 valence electrons. The largest absolute Gasteiger partial charge is 0.391 e. The Labute approximate surface area is 107 Å². The van der Waals surface area contributed by atoms with Crippen LogP contribution in [0.2, 0.25) is 0 Å². The van der Waals surface area contributed by atoms with Gasteiger partial charge in [0.05, 0.1) is 6.10 Å². The van der Waals surface area contributed by atoms with E-state index in [9.17, 15) is 9.90 Å². The fraction of sp³-hybridized carbons (Fsp3) is 0.533. The van der Waals surface area contributed by atoms with Crippen LogP contribution in [0, 0.1) is 5.92 Å². The summed E-state index contributed by atoms with van der Waals surface area (Å²) in [6, 6.07) is 10.1. The third-order valence-corrected chi connectivity index (χ3v) is 4.05. The van der Waals surface area contributed by atoms with Gasteiger partial charge in [0, 0.05) is 24.9 Å². The van der Waals surface area contributed by atoms with Crippen LogP contribution in [0.4, 0.5) is 0 Å². The van der Waals surface area contributed by atoms with Crippen LogP contribution < -0.4 is 0 Å². The number of carbonyl (C=O) groups is 1. The molecule has 3 heteroatoms. The standard InChI is InChI=1S/C15H19NO2/c17-14-10-16(15(18)12-6-7-12)9-8-13(14)11-4-2-1-3-5-11/h1-5,12-14,17H,6-10H2/t13-,14-/m0/s1. The lowest BCUT2D eigenvalue weighted by Gasteiger charge is -2.36. The summed E-state index contributed by atoms with van der Waals surface area (Å²) in [4.78, 5) is 13.8. The summed E-state index contributed by atoms with van der Waals surface area (Å²) in [5.41, 5.74) is 1.18. The summed E-state index contributed by atoms with van der Waals surface area (Å²) in [6.07, 6.45) is 2.51. The van der Waals surface area contributed by atoms with Crippen molar-refractivity contribution in [3.05, 3.63) is 35.9 Å². The lowest BCUT2D eigenvalue weighted by molar-refractivity contribution is -0.136. The molecule has 2 fully saturated rings. The number of hydrogen-bond donors (Lipinski definition) is 1. The third-order valence-electron chi connectivity index (χ3n) is 4.05. The highest BCUT2D eigenvalue weighted by atomic mass is 16.3. The normalized spacial score (nSPS) is 28.2. The highest BCUT2D eigenvalue weighted by molar-refractivity contribution is 5.81. The van der Waals surface area contributed by atoms with Gasteiger partial charge in [0.25, 0.3) is 0 Å². The summed E-state index contributed by atoms with van der Waals surface area (Å²) in [7, 11) is 0. The number of hydrogen-bond acceptors (Lipinski definition) is 2. The van der Waals surface area contributed by atoms with E-state index in [-0.39, 0.29) is 17.7 Å². The van der Waals surface area contributed by atoms with E-state index in [4.69, 9.17) is 0 Å². The molecule has 1 heterocycles. The first-order valence-electron chi connectivity index (χ1n) is 6.77. The second kappa shape index (κ2) is 4.73. The molecule has 1 amide bonds. The number of aliphatic hydroxyl groups excluding tert-OH is 1. The van der Waals surface area contributed by atoms with E-state index in [1.165, 1.54) is 5.56 Å². The Kier molecular flexibility index (Phi) is 3.08. The Morgan fingerprint density at radius 2 is 1.89 bits per heavy atom. The zero-order chi connectivity index (χ0) is 12.5. The van der Waals surface area contributed by atoms with E-state index in [0.29, 0.717) is 6.54 Å². The molecule has 0 spiro atoms. The van der Waals surface area contributed by atoms with E-state index in [2.05, 4.69) is 12.1 Å². The van der Waals surface area contributed by atoms with Gasteiger partial charge in [-0.3, -0.25) is 4.79 Å². The Balaban J connectivity index is 1.66. The molecule has 0 radical (unpaired) electrons. The molecule has 1 saturated heterocycles. The van der Waals surface area contributed by atoms with Gasteiger partial charge in [-0.15, -0.1) is 0 Å². The first-order chi connectivity index (χ1) is 8.75. The second-order valence-corrected chi connectivity index (χ2v) is 5.43. The van der Waals surface area contributed by atoms with Crippen molar-refractivity contribution in [2.75, 3.05) is 13.1 Å². The predicted molar refractivity (Wildman–Crippen MR) is 69.1 cm³/mol. The van der Waals surface area contributed by atoms with Crippen molar-refractivity contribution in [1.29, 1.82) is 0 Å². The van der Waals surface area contributed by atoms with Crippen LogP contribution in [0.25, 0.3) is 0 Å². The molecule has 2 atom stereocenters.